The van der Waals surface area contributed by atoms with Crippen molar-refractivity contribution >= 4 is 17.6 Å². The van der Waals surface area contributed by atoms with Gasteiger partial charge in [0.2, 0.25) is 5.91 Å². The van der Waals surface area contributed by atoms with Gasteiger partial charge in [0.15, 0.2) is 5.78 Å². The Hall–Kier alpha value is -4.15. The maximum atomic E-state index is 13.9. The number of nitrogens with zero attached hydrogens (tertiary/aromatic N) is 3. The van der Waals surface area contributed by atoms with E-state index in [-0.39, 0.29) is 17.9 Å². The van der Waals surface area contributed by atoms with Gasteiger partial charge in [-0.2, -0.15) is 0 Å². The number of benzene rings is 2. The molecule has 3 aromatic rings. The topological polar surface area (TPSA) is 123 Å². The molecular weight excluding hydrogens is 546 g/mol. The minimum atomic E-state index is -0.948. The third-order valence-corrected chi connectivity index (χ3v) is 8.14. The van der Waals surface area contributed by atoms with Crippen molar-refractivity contribution in [2.24, 2.45) is 5.41 Å². The number of nitrogens with one attached hydrogen (secondary N) is 2. The molecule has 2 amide bonds. The van der Waals surface area contributed by atoms with Gasteiger partial charge in [-0.1, -0.05) is 49.4 Å². The van der Waals surface area contributed by atoms with Gasteiger partial charge in [-0.3, -0.25) is 19.3 Å². The minimum Gasteiger partial charge on any atom is -0.497 e. The molecule has 1 aromatic heterocycles. The molecule has 2 unspecified atom stereocenters. The first-order valence-corrected chi connectivity index (χ1v) is 14.8. The Kier molecular flexibility index (Phi) is 9.79. The molecule has 0 spiro atoms. The Bertz CT molecular complexity index is 1400. The number of amides is 2. The summed E-state index contributed by atoms with van der Waals surface area (Å²) in [6, 6.07) is 16.9. The van der Waals surface area contributed by atoms with E-state index in [9.17, 15) is 14.4 Å². The average Bonchev–Trinajstić information content (AvgIpc) is 3.79. The number of aromatic nitrogens is 2. The van der Waals surface area contributed by atoms with E-state index in [1.54, 1.807) is 13.3 Å². The molecule has 0 radical (unpaired) electrons. The van der Waals surface area contributed by atoms with E-state index in [1.165, 1.54) is 6.07 Å². The van der Waals surface area contributed by atoms with Crippen LogP contribution in [0.25, 0.3) is 0 Å². The quantitative estimate of drug-likeness (QED) is 0.314. The van der Waals surface area contributed by atoms with Crippen LogP contribution >= 0.6 is 0 Å². The predicted octanol–water partition coefficient (Wildman–Crippen LogP) is 2.76. The number of ketones is 1. The van der Waals surface area contributed by atoms with E-state index in [0.717, 1.165) is 37.1 Å². The normalized spacial score (nSPS) is 17.3. The molecule has 226 valence electrons. The number of rotatable bonds is 13. The summed E-state index contributed by atoms with van der Waals surface area (Å²) in [5, 5.41) is 5.88. The number of hydrogen-bond donors (Lipinski definition) is 2. The van der Waals surface area contributed by atoms with Crippen LogP contribution in [0.5, 0.6) is 5.75 Å². The van der Waals surface area contributed by atoms with E-state index in [1.807, 2.05) is 61.5 Å². The number of morpholine rings is 1. The Labute approximate surface area is 252 Å². The Morgan fingerprint density at radius 1 is 0.930 bits per heavy atom. The van der Waals surface area contributed by atoms with Gasteiger partial charge >= 0.3 is 0 Å². The van der Waals surface area contributed by atoms with Gasteiger partial charge in [0.25, 0.3) is 5.91 Å². The van der Waals surface area contributed by atoms with Gasteiger partial charge in [-0.15, -0.1) is 0 Å². The number of carbonyl (C=O) groups excluding carboxylic acids is 3. The summed E-state index contributed by atoms with van der Waals surface area (Å²) < 4.78 is 10.7. The SMILES string of the molecule is COc1ccc(CC(NC(=O)c2ccnc(CN3CCOCC3)n2)C(=O)NC(Cc2ccccc2)C(=O)C2(C)CC2)cc1. The van der Waals surface area contributed by atoms with Gasteiger partial charge in [-0.25, -0.2) is 9.97 Å². The zero-order valence-corrected chi connectivity index (χ0v) is 24.8. The molecule has 2 fully saturated rings. The van der Waals surface area contributed by atoms with Crippen LogP contribution in [0.4, 0.5) is 0 Å². The Balaban J connectivity index is 1.34. The zero-order valence-electron chi connectivity index (χ0n) is 24.8. The lowest BCUT2D eigenvalue weighted by Gasteiger charge is -2.26. The van der Waals surface area contributed by atoms with Crippen LogP contribution in [-0.4, -0.2) is 78.0 Å². The monoisotopic (exact) mass is 585 g/mol. The van der Waals surface area contributed by atoms with E-state index >= 15 is 0 Å². The van der Waals surface area contributed by atoms with Crippen LogP contribution in [0, 0.1) is 5.41 Å². The fourth-order valence-corrected chi connectivity index (χ4v) is 5.19. The van der Waals surface area contributed by atoms with Crippen LogP contribution in [0.2, 0.25) is 0 Å². The predicted molar refractivity (Wildman–Crippen MR) is 161 cm³/mol. The summed E-state index contributed by atoms with van der Waals surface area (Å²) in [6.07, 6.45) is 3.76. The number of carbonyl (C=O) groups is 3. The van der Waals surface area contributed by atoms with Crippen molar-refractivity contribution in [2.45, 2.75) is 51.2 Å². The lowest BCUT2D eigenvalue weighted by Crippen LogP contribution is -2.54. The number of hydrogen-bond acceptors (Lipinski definition) is 8. The summed E-state index contributed by atoms with van der Waals surface area (Å²) in [6.45, 7) is 5.28. The molecule has 2 heterocycles. The van der Waals surface area contributed by atoms with Crippen LogP contribution in [-0.2, 0) is 33.7 Å². The molecule has 43 heavy (non-hydrogen) atoms. The third kappa shape index (κ3) is 8.24. The van der Waals surface area contributed by atoms with Crippen molar-refractivity contribution in [3.8, 4) is 5.75 Å². The van der Waals surface area contributed by atoms with Crippen LogP contribution in [0.15, 0.2) is 66.9 Å². The Morgan fingerprint density at radius 3 is 2.28 bits per heavy atom. The van der Waals surface area contributed by atoms with Crippen molar-refractivity contribution in [2.75, 3.05) is 33.4 Å². The van der Waals surface area contributed by atoms with Crippen molar-refractivity contribution in [1.29, 1.82) is 0 Å². The highest BCUT2D eigenvalue weighted by molar-refractivity contribution is 5.99. The Morgan fingerprint density at radius 2 is 1.60 bits per heavy atom. The molecule has 2 N–H and O–H groups in total. The highest BCUT2D eigenvalue weighted by atomic mass is 16.5. The van der Waals surface area contributed by atoms with E-state index in [0.29, 0.717) is 37.8 Å². The zero-order chi connectivity index (χ0) is 30.2. The largest absolute Gasteiger partial charge is 0.497 e. The molecule has 1 saturated carbocycles. The lowest BCUT2D eigenvalue weighted by molar-refractivity contribution is -0.131. The van der Waals surface area contributed by atoms with Gasteiger partial charge in [-0.05, 0) is 48.6 Å². The summed E-state index contributed by atoms with van der Waals surface area (Å²) in [7, 11) is 1.59. The van der Waals surface area contributed by atoms with Crippen LogP contribution in [0.1, 0.15) is 47.2 Å². The lowest BCUT2D eigenvalue weighted by atomic mass is 9.92. The van der Waals surface area contributed by atoms with Crippen molar-refractivity contribution in [3.63, 3.8) is 0 Å². The van der Waals surface area contributed by atoms with Crippen molar-refractivity contribution < 1.29 is 23.9 Å². The maximum Gasteiger partial charge on any atom is 0.270 e. The molecule has 1 aliphatic heterocycles. The first-order valence-electron chi connectivity index (χ1n) is 14.8. The van der Waals surface area contributed by atoms with E-state index < -0.39 is 29.3 Å². The highest BCUT2D eigenvalue weighted by Gasteiger charge is 2.48. The average molecular weight is 586 g/mol. The van der Waals surface area contributed by atoms with Gasteiger partial charge in [0, 0.05) is 31.1 Å². The van der Waals surface area contributed by atoms with E-state index in [4.69, 9.17) is 9.47 Å². The molecule has 0 bridgehead atoms. The smallest absolute Gasteiger partial charge is 0.270 e. The van der Waals surface area contributed by atoms with Crippen molar-refractivity contribution in [1.82, 2.24) is 25.5 Å². The second kappa shape index (κ2) is 13.9. The van der Waals surface area contributed by atoms with Gasteiger partial charge in [0.05, 0.1) is 32.9 Å². The first-order chi connectivity index (χ1) is 20.8. The molecule has 1 saturated heterocycles. The van der Waals surface area contributed by atoms with Gasteiger partial charge < -0.3 is 20.1 Å². The number of methoxy groups -OCH3 is 1. The molecule has 2 atom stereocenters. The van der Waals surface area contributed by atoms with Crippen LogP contribution in [0.3, 0.4) is 0 Å². The molecule has 2 aliphatic rings. The standard InChI is InChI=1S/C33H39N5O5/c1-33(13-14-33)30(39)27(20-23-6-4-3-5-7-23)36-32(41)28(21-24-8-10-25(42-2)11-9-24)37-31(40)26-12-15-34-29(35-26)22-38-16-18-43-19-17-38/h3-12,15,27-28H,13-14,16-22H2,1-2H3,(H,36,41)(H,37,40). The summed E-state index contributed by atoms with van der Waals surface area (Å²) in [5.74, 6) is 0.318. The summed E-state index contributed by atoms with van der Waals surface area (Å²) >= 11 is 0. The number of Topliss-reactive ketones (excluding diaryl/α,β-unsaturated/α-hetero) is 1. The molecule has 5 rings (SSSR count). The maximum absolute atomic E-state index is 13.9. The second-order valence-electron chi connectivity index (χ2n) is 11.5. The highest BCUT2D eigenvalue weighted by Crippen LogP contribution is 2.46. The number of ether oxygens (including phenoxy) is 2. The fraction of sp³-hybridized carbons (Fsp3) is 0.424. The summed E-state index contributed by atoms with van der Waals surface area (Å²) in [5.41, 5.74) is 1.53. The molecule has 10 nitrogen and oxygen atoms in total. The van der Waals surface area contributed by atoms with Gasteiger partial charge in [0.1, 0.15) is 23.3 Å². The summed E-state index contributed by atoms with van der Waals surface area (Å²) in [4.78, 5) is 51.9. The first kappa shape index (κ1) is 30.3. The third-order valence-electron chi connectivity index (χ3n) is 8.14. The minimum absolute atomic E-state index is 0.0165. The fourth-order valence-electron chi connectivity index (χ4n) is 5.19. The molecule has 1 aliphatic carbocycles. The second-order valence-corrected chi connectivity index (χ2v) is 11.5. The molecule has 10 heteroatoms. The van der Waals surface area contributed by atoms with Crippen LogP contribution < -0.4 is 15.4 Å². The van der Waals surface area contributed by atoms with Crippen molar-refractivity contribution in [3.05, 3.63) is 89.5 Å². The molecular formula is C33H39N5O5. The van der Waals surface area contributed by atoms with E-state index in [2.05, 4.69) is 25.5 Å². The molecule has 2 aromatic carbocycles.